The van der Waals surface area contributed by atoms with Crippen LogP contribution in [0.5, 0.6) is 5.75 Å². The third kappa shape index (κ3) is 3.37. The lowest BCUT2D eigenvalue weighted by molar-refractivity contribution is -0.118. The van der Waals surface area contributed by atoms with Crippen LogP contribution in [0.15, 0.2) is 18.2 Å². The number of carbonyl (C=O) groups excluding carboxylic acids is 1. The number of hydrogen-bond acceptors (Lipinski definition) is 4. The number of hydrogen-bond donors (Lipinski definition) is 2. The first-order chi connectivity index (χ1) is 9.13. The van der Waals surface area contributed by atoms with Crippen molar-refractivity contribution in [3.05, 3.63) is 23.2 Å². The van der Waals surface area contributed by atoms with E-state index in [4.69, 9.17) is 21.1 Å². The second-order valence-corrected chi connectivity index (χ2v) is 4.80. The molecule has 2 atom stereocenters. The van der Waals surface area contributed by atoms with Crippen LogP contribution in [0.1, 0.15) is 6.42 Å². The third-order valence-electron chi connectivity index (χ3n) is 3.16. The minimum absolute atomic E-state index is 0.0797. The van der Waals surface area contributed by atoms with Gasteiger partial charge in [-0.15, -0.1) is 0 Å². The van der Waals surface area contributed by atoms with Crippen molar-refractivity contribution in [1.82, 2.24) is 5.32 Å². The topological polar surface area (TPSA) is 59.6 Å². The van der Waals surface area contributed by atoms with Crippen LogP contribution in [-0.4, -0.2) is 38.8 Å². The lowest BCUT2D eigenvalue weighted by Crippen LogP contribution is -2.35. The predicted molar refractivity (Wildman–Crippen MR) is 73.8 cm³/mol. The van der Waals surface area contributed by atoms with Crippen LogP contribution >= 0.6 is 11.6 Å². The van der Waals surface area contributed by atoms with Gasteiger partial charge in [0.15, 0.2) is 0 Å². The average Bonchev–Trinajstić information content (AvgIpc) is 2.90. The molecule has 0 bridgehead atoms. The molecule has 2 rings (SSSR count). The zero-order chi connectivity index (χ0) is 13.8. The third-order valence-corrected chi connectivity index (χ3v) is 3.47. The smallest absolute Gasteiger partial charge is 0.241 e. The molecule has 6 heteroatoms. The first-order valence-corrected chi connectivity index (χ1v) is 6.42. The summed E-state index contributed by atoms with van der Waals surface area (Å²) >= 11 is 5.93. The lowest BCUT2D eigenvalue weighted by atomic mass is 10.2. The summed E-state index contributed by atoms with van der Waals surface area (Å²) in [6, 6.07) is 4.90. The molecule has 1 saturated heterocycles. The standard InChI is InChI=1S/C13H17ClN2O3/c1-18-9-6-11(15-7-9)13(17)16-8-3-4-10(14)12(5-8)19-2/h3-5,9,11,15H,6-7H2,1-2H3,(H,16,17). The molecule has 2 unspecified atom stereocenters. The molecule has 0 saturated carbocycles. The van der Waals surface area contributed by atoms with E-state index in [9.17, 15) is 4.79 Å². The highest BCUT2D eigenvalue weighted by molar-refractivity contribution is 6.32. The fourth-order valence-corrected chi connectivity index (χ4v) is 2.24. The van der Waals surface area contributed by atoms with Crippen molar-refractivity contribution in [2.45, 2.75) is 18.6 Å². The van der Waals surface area contributed by atoms with Crippen molar-refractivity contribution in [1.29, 1.82) is 0 Å². The Kier molecular flexibility index (Phi) is 4.63. The molecule has 1 aliphatic rings. The van der Waals surface area contributed by atoms with E-state index in [1.165, 1.54) is 7.11 Å². The Balaban J connectivity index is 1.99. The van der Waals surface area contributed by atoms with Gasteiger partial charge in [-0.25, -0.2) is 0 Å². The normalized spacial score (nSPS) is 22.3. The quantitative estimate of drug-likeness (QED) is 0.883. The highest BCUT2D eigenvalue weighted by Gasteiger charge is 2.29. The number of nitrogens with one attached hydrogen (secondary N) is 2. The summed E-state index contributed by atoms with van der Waals surface area (Å²) in [6.45, 7) is 0.693. The van der Waals surface area contributed by atoms with E-state index in [1.54, 1.807) is 25.3 Å². The molecule has 19 heavy (non-hydrogen) atoms. The Morgan fingerprint density at radius 3 is 2.89 bits per heavy atom. The van der Waals surface area contributed by atoms with Crippen LogP contribution in [0.3, 0.4) is 0 Å². The van der Waals surface area contributed by atoms with E-state index in [2.05, 4.69) is 10.6 Å². The summed E-state index contributed by atoms with van der Waals surface area (Å²) in [5, 5.41) is 6.47. The van der Waals surface area contributed by atoms with Gasteiger partial charge in [0.2, 0.25) is 5.91 Å². The molecule has 2 N–H and O–H groups in total. The molecular formula is C13H17ClN2O3. The number of halogens is 1. The van der Waals surface area contributed by atoms with Gasteiger partial charge in [0, 0.05) is 25.4 Å². The zero-order valence-electron chi connectivity index (χ0n) is 10.9. The molecule has 1 aliphatic heterocycles. The maximum absolute atomic E-state index is 12.1. The summed E-state index contributed by atoms with van der Waals surface area (Å²) in [6.07, 6.45) is 0.767. The molecule has 0 aliphatic carbocycles. The van der Waals surface area contributed by atoms with E-state index in [0.717, 1.165) is 0 Å². The molecule has 1 aromatic carbocycles. The van der Waals surface area contributed by atoms with Crippen LogP contribution in [0.4, 0.5) is 5.69 Å². The first-order valence-electron chi connectivity index (χ1n) is 6.04. The maximum atomic E-state index is 12.1. The Hall–Kier alpha value is -1.30. The monoisotopic (exact) mass is 284 g/mol. The summed E-state index contributed by atoms with van der Waals surface area (Å²) in [5.74, 6) is 0.456. The van der Waals surface area contributed by atoms with Gasteiger partial charge >= 0.3 is 0 Å². The number of carbonyl (C=O) groups is 1. The molecule has 1 fully saturated rings. The number of methoxy groups -OCH3 is 2. The molecule has 0 spiro atoms. The van der Waals surface area contributed by atoms with Gasteiger partial charge in [-0.05, 0) is 18.6 Å². The number of ether oxygens (including phenoxy) is 2. The van der Waals surface area contributed by atoms with Gasteiger partial charge in [-0.1, -0.05) is 11.6 Å². The number of amides is 1. The molecule has 0 aromatic heterocycles. The Morgan fingerprint density at radius 2 is 2.26 bits per heavy atom. The van der Waals surface area contributed by atoms with Gasteiger partial charge in [0.1, 0.15) is 5.75 Å². The first kappa shape index (κ1) is 14.1. The fraction of sp³-hybridized carbons (Fsp3) is 0.462. The molecule has 5 nitrogen and oxygen atoms in total. The Morgan fingerprint density at radius 1 is 1.47 bits per heavy atom. The van der Waals surface area contributed by atoms with Crippen molar-refractivity contribution in [3.63, 3.8) is 0 Å². The number of anilines is 1. The van der Waals surface area contributed by atoms with Crippen molar-refractivity contribution in [2.75, 3.05) is 26.1 Å². The molecular weight excluding hydrogens is 268 g/mol. The second-order valence-electron chi connectivity index (χ2n) is 4.39. The van der Waals surface area contributed by atoms with Crippen LogP contribution in [0.25, 0.3) is 0 Å². The molecule has 104 valence electrons. The molecule has 1 heterocycles. The number of rotatable bonds is 4. The second kappa shape index (κ2) is 6.23. The van der Waals surface area contributed by atoms with Crippen LogP contribution in [-0.2, 0) is 9.53 Å². The molecule has 1 aromatic rings. The van der Waals surface area contributed by atoms with Crippen molar-refractivity contribution < 1.29 is 14.3 Å². The van der Waals surface area contributed by atoms with Crippen molar-refractivity contribution in [2.24, 2.45) is 0 Å². The zero-order valence-corrected chi connectivity index (χ0v) is 11.7. The SMILES string of the molecule is COc1cc(NC(=O)C2CC(OC)CN2)ccc1Cl. The summed E-state index contributed by atoms with van der Waals surface area (Å²) < 4.78 is 10.3. The van der Waals surface area contributed by atoms with Gasteiger partial charge in [0.05, 0.1) is 24.3 Å². The van der Waals surface area contributed by atoms with E-state index in [0.29, 0.717) is 29.4 Å². The Bertz CT molecular complexity index is 467. The summed E-state index contributed by atoms with van der Waals surface area (Å²) in [4.78, 5) is 12.1. The lowest BCUT2D eigenvalue weighted by Gasteiger charge is -2.12. The van der Waals surface area contributed by atoms with Gasteiger partial charge in [0.25, 0.3) is 0 Å². The largest absolute Gasteiger partial charge is 0.495 e. The molecule has 0 radical (unpaired) electrons. The van der Waals surface area contributed by atoms with Crippen LogP contribution in [0, 0.1) is 0 Å². The highest BCUT2D eigenvalue weighted by Crippen LogP contribution is 2.27. The number of benzene rings is 1. The van der Waals surface area contributed by atoms with E-state index in [-0.39, 0.29) is 18.1 Å². The van der Waals surface area contributed by atoms with Crippen LogP contribution < -0.4 is 15.4 Å². The van der Waals surface area contributed by atoms with Gasteiger partial charge in [-0.3, -0.25) is 4.79 Å². The maximum Gasteiger partial charge on any atom is 0.241 e. The fourth-order valence-electron chi connectivity index (χ4n) is 2.05. The van der Waals surface area contributed by atoms with Crippen molar-refractivity contribution in [3.8, 4) is 5.75 Å². The van der Waals surface area contributed by atoms with E-state index >= 15 is 0 Å². The summed E-state index contributed by atoms with van der Waals surface area (Å²) in [5.41, 5.74) is 0.661. The summed E-state index contributed by atoms with van der Waals surface area (Å²) in [7, 11) is 3.19. The Labute approximate surface area is 117 Å². The van der Waals surface area contributed by atoms with E-state index in [1.807, 2.05) is 0 Å². The highest BCUT2D eigenvalue weighted by atomic mass is 35.5. The van der Waals surface area contributed by atoms with Gasteiger partial charge in [-0.2, -0.15) is 0 Å². The van der Waals surface area contributed by atoms with Crippen LogP contribution in [0.2, 0.25) is 5.02 Å². The minimum Gasteiger partial charge on any atom is -0.495 e. The minimum atomic E-state index is -0.230. The average molecular weight is 285 g/mol. The molecule has 1 amide bonds. The van der Waals surface area contributed by atoms with Crippen molar-refractivity contribution >= 4 is 23.2 Å². The predicted octanol–water partition coefficient (Wildman–Crippen LogP) is 1.66. The van der Waals surface area contributed by atoms with E-state index < -0.39 is 0 Å². The van der Waals surface area contributed by atoms with Gasteiger partial charge < -0.3 is 20.1 Å².